The Morgan fingerprint density at radius 3 is 2.78 bits per heavy atom. The minimum atomic E-state index is -0.185. The summed E-state index contributed by atoms with van der Waals surface area (Å²) in [5.74, 6) is 1.31. The van der Waals surface area contributed by atoms with Crippen molar-refractivity contribution in [3.63, 3.8) is 0 Å². The van der Waals surface area contributed by atoms with Crippen LogP contribution in [0.3, 0.4) is 0 Å². The maximum atomic E-state index is 11.9. The van der Waals surface area contributed by atoms with Crippen molar-refractivity contribution in [1.29, 1.82) is 0 Å². The van der Waals surface area contributed by atoms with Crippen molar-refractivity contribution in [2.45, 2.75) is 32.3 Å². The predicted octanol–water partition coefficient (Wildman–Crippen LogP) is 3.81. The van der Waals surface area contributed by atoms with E-state index in [0.717, 1.165) is 24.3 Å². The summed E-state index contributed by atoms with van der Waals surface area (Å²) in [4.78, 5) is 11.9. The third-order valence-electron chi connectivity index (χ3n) is 3.85. The van der Waals surface area contributed by atoms with E-state index in [9.17, 15) is 4.79 Å². The summed E-state index contributed by atoms with van der Waals surface area (Å²) < 4.78 is 11.6. The first kappa shape index (κ1) is 15.4. The van der Waals surface area contributed by atoms with Gasteiger partial charge in [-0.25, -0.2) is 0 Å². The number of hydrogen-bond donors (Lipinski definition) is 1. The van der Waals surface area contributed by atoms with Crippen molar-refractivity contribution >= 4 is 11.6 Å². The molecule has 0 radical (unpaired) electrons. The third-order valence-corrected chi connectivity index (χ3v) is 3.85. The summed E-state index contributed by atoms with van der Waals surface area (Å²) in [7, 11) is 0. The Balaban J connectivity index is 1.59. The summed E-state index contributed by atoms with van der Waals surface area (Å²) in [6, 6.07) is 15.1. The lowest BCUT2D eigenvalue weighted by Crippen LogP contribution is -2.32. The molecule has 0 aromatic heterocycles. The minimum absolute atomic E-state index is 0.0307. The number of ether oxygens (including phenoxy) is 2. The number of nitrogens with one attached hydrogen (secondary N) is 1. The maximum absolute atomic E-state index is 11.9. The quantitative estimate of drug-likeness (QED) is 0.934. The fourth-order valence-electron chi connectivity index (χ4n) is 2.58. The monoisotopic (exact) mass is 311 g/mol. The number of amides is 1. The van der Waals surface area contributed by atoms with E-state index in [2.05, 4.69) is 19.2 Å². The van der Waals surface area contributed by atoms with E-state index >= 15 is 0 Å². The molecule has 1 aliphatic rings. The number of aryl methyl sites for hydroxylation is 1. The highest BCUT2D eigenvalue weighted by atomic mass is 16.5. The van der Waals surface area contributed by atoms with Gasteiger partial charge in [0.2, 0.25) is 0 Å². The van der Waals surface area contributed by atoms with Crippen molar-refractivity contribution in [1.82, 2.24) is 0 Å². The summed E-state index contributed by atoms with van der Waals surface area (Å²) in [6.07, 6.45) is 2.00. The Kier molecular flexibility index (Phi) is 4.24. The number of benzene rings is 2. The van der Waals surface area contributed by atoms with Crippen LogP contribution in [0.4, 0.5) is 5.69 Å². The highest BCUT2D eigenvalue weighted by Crippen LogP contribution is 2.35. The fourth-order valence-corrected chi connectivity index (χ4v) is 2.58. The van der Waals surface area contributed by atoms with Crippen LogP contribution in [0, 0.1) is 0 Å². The van der Waals surface area contributed by atoms with Crippen LogP contribution in [-0.2, 0) is 11.2 Å². The molecule has 0 fully saturated rings. The van der Waals surface area contributed by atoms with Gasteiger partial charge in [-0.2, -0.15) is 0 Å². The molecule has 23 heavy (non-hydrogen) atoms. The van der Waals surface area contributed by atoms with Gasteiger partial charge in [0, 0.05) is 11.8 Å². The molecule has 4 nitrogen and oxygen atoms in total. The smallest absolute Gasteiger partial charge is 0.262 e. The molecule has 1 N–H and O–H groups in total. The molecule has 0 saturated heterocycles. The van der Waals surface area contributed by atoms with E-state index in [0.29, 0.717) is 5.75 Å². The topological polar surface area (TPSA) is 47.6 Å². The molecule has 0 bridgehead atoms. The van der Waals surface area contributed by atoms with Crippen LogP contribution in [-0.4, -0.2) is 18.1 Å². The van der Waals surface area contributed by atoms with Crippen molar-refractivity contribution in [3.8, 4) is 11.5 Å². The molecule has 3 rings (SSSR count). The number of carbonyl (C=O) groups is 1. The van der Waals surface area contributed by atoms with Gasteiger partial charge in [-0.15, -0.1) is 0 Å². The van der Waals surface area contributed by atoms with Gasteiger partial charge in [-0.1, -0.05) is 24.3 Å². The van der Waals surface area contributed by atoms with Crippen LogP contribution in [0.2, 0.25) is 0 Å². The first-order valence-corrected chi connectivity index (χ1v) is 7.81. The van der Waals surface area contributed by atoms with Crippen molar-refractivity contribution in [2.75, 3.05) is 11.9 Å². The fraction of sp³-hybridized carbons (Fsp3) is 0.316. The lowest BCUT2D eigenvalue weighted by Gasteiger charge is -2.32. The van der Waals surface area contributed by atoms with Gasteiger partial charge in [0.25, 0.3) is 5.91 Å². The number of rotatable bonds is 4. The first-order chi connectivity index (χ1) is 11.0. The second-order valence-corrected chi connectivity index (χ2v) is 6.33. The SMILES string of the molecule is CC1(C)CCc2ccc(OCC(=O)Nc3ccccc3)cc2O1. The zero-order chi connectivity index (χ0) is 16.3. The normalized spacial score (nSPS) is 15.2. The van der Waals surface area contributed by atoms with Crippen LogP contribution < -0.4 is 14.8 Å². The number of hydrogen-bond acceptors (Lipinski definition) is 3. The van der Waals surface area contributed by atoms with Crippen molar-refractivity contribution in [3.05, 3.63) is 54.1 Å². The van der Waals surface area contributed by atoms with Crippen LogP contribution >= 0.6 is 0 Å². The molecule has 1 aliphatic heterocycles. The van der Waals surface area contributed by atoms with Crippen LogP contribution in [0.5, 0.6) is 11.5 Å². The maximum Gasteiger partial charge on any atom is 0.262 e. The molecule has 2 aromatic carbocycles. The molecule has 2 aromatic rings. The first-order valence-electron chi connectivity index (χ1n) is 7.81. The zero-order valence-electron chi connectivity index (χ0n) is 13.5. The Hall–Kier alpha value is -2.49. The van der Waals surface area contributed by atoms with E-state index in [1.807, 2.05) is 48.5 Å². The van der Waals surface area contributed by atoms with E-state index in [1.54, 1.807) is 0 Å². The number of fused-ring (bicyclic) bond motifs is 1. The van der Waals surface area contributed by atoms with Crippen LogP contribution in [0.15, 0.2) is 48.5 Å². The van der Waals surface area contributed by atoms with Crippen molar-refractivity contribution < 1.29 is 14.3 Å². The molecule has 120 valence electrons. The van der Waals surface area contributed by atoms with Gasteiger partial charge in [-0.05, 0) is 50.5 Å². The molecular weight excluding hydrogens is 290 g/mol. The number of para-hydroxylation sites is 1. The zero-order valence-corrected chi connectivity index (χ0v) is 13.5. The molecule has 0 spiro atoms. The molecule has 0 saturated carbocycles. The van der Waals surface area contributed by atoms with Crippen molar-refractivity contribution in [2.24, 2.45) is 0 Å². The summed E-state index contributed by atoms with van der Waals surface area (Å²) in [6.45, 7) is 4.13. The Morgan fingerprint density at radius 2 is 2.00 bits per heavy atom. The average Bonchev–Trinajstić information content (AvgIpc) is 2.52. The molecular formula is C19H21NO3. The van der Waals surface area contributed by atoms with Gasteiger partial charge >= 0.3 is 0 Å². The summed E-state index contributed by atoms with van der Waals surface area (Å²) >= 11 is 0. The van der Waals surface area contributed by atoms with Gasteiger partial charge in [0.15, 0.2) is 6.61 Å². The highest BCUT2D eigenvalue weighted by Gasteiger charge is 2.26. The molecule has 0 unspecified atom stereocenters. The minimum Gasteiger partial charge on any atom is -0.487 e. The second-order valence-electron chi connectivity index (χ2n) is 6.33. The van der Waals surface area contributed by atoms with Gasteiger partial charge in [0.1, 0.15) is 17.1 Å². The highest BCUT2D eigenvalue weighted by molar-refractivity contribution is 5.91. The molecule has 0 atom stereocenters. The Labute approximate surface area is 136 Å². The summed E-state index contributed by atoms with van der Waals surface area (Å²) in [5.41, 5.74) is 1.79. The number of carbonyl (C=O) groups excluding carboxylic acids is 1. The van der Waals surface area contributed by atoms with E-state index in [-0.39, 0.29) is 18.1 Å². The molecule has 0 aliphatic carbocycles. The van der Waals surface area contributed by atoms with Crippen LogP contribution in [0.1, 0.15) is 25.8 Å². The van der Waals surface area contributed by atoms with Crippen LogP contribution in [0.25, 0.3) is 0 Å². The largest absolute Gasteiger partial charge is 0.487 e. The standard InChI is InChI=1S/C19H21NO3/c1-19(2)11-10-14-8-9-16(12-17(14)23-19)22-13-18(21)20-15-6-4-3-5-7-15/h3-9,12H,10-11,13H2,1-2H3,(H,20,21). The van der Waals surface area contributed by atoms with Gasteiger partial charge in [-0.3, -0.25) is 4.79 Å². The lowest BCUT2D eigenvalue weighted by atomic mass is 9.94. The molecule has 4 heteroatoms. The number of anilines is 1. The van der Waals surface area contributed by atoms with E-state index < -0.39 is 0 Å². The molecule has 1 amide bonds. The lowest BCUT2D eigenvalue weighted by molar-refractivity contribution is -0.118. The van der Waals surface area contributed by atoms with E-state index in [4.69, 9.17) is 9.47 Å². The Morgan fingerprint density at radius 1 is 1.22 bits per heavy atom. The van der Waals surface area contributed by atoms with E-state index in [1.165, 1.54) is 5.56 Å². The average molecular weight is 311 g/mol. The Bertz CT molecular complexity index is 695. The summed E-state index contributed by atoms with van der Waals surface area (Å²) in [5, 5.41) is 2.79. The van der Waals surface area contributed by atoms with Gasteiger partial charge < -0.3 is 14.8 Å². The third kappa shape index (κ3) is 4.03. The molecule has 1 heterocycles. The van der Waals surface area contributed by atoms with Gasteiger partial charge in [0.05, 0.1) is 0 Å². The second kappa shape index (κ2) is 6.32. The predicted molar refractivity (Wildman–Crippen MR) is 90.0 cm³/mol.